The molecule has 1 rings (SSSR count). The molecule has 0 spiro atoms. The van der Waals surface area contributed by atoms with E-state index in [1.807, 2.05) is 13.8 Å². The third kappa shape index (κ3) is 3.82. The number of nitrogens with zero attached hydrogens (tertiary/aromatic N) is 1. The van der Waals surface area contributed by atoms with Crippen LogP contribution in [-0.2, 0) is 10.0 Å². The van der Waals surface area contributed by atoms with E-state index < -0.39 is 16.0 Å². The number of carbonyl (C=O) groups is 1. The summed E-state index contributed by atoms with van der Waals surface area (Å²) in [5.41, 5.74) is 0. The van der Waals surface area contributed by atoms with Gasteiger partial charge in [-0.3, -0.25) is 0 Å². The first kappa shape index (κ1) is 18.1. The van der Waals surface area contributed by atoms with Gasteiger partial charge in [-0.15, -0.1) is 11.3 Å². The Morgan fingerprint density at radius 3 is 2.33 bits per heavy atom. The number of sulfonamides is 1. The highest BCUT2D eigenvalue weighted by molar-refractivity contribution is 7.89. The Kier molecular flexibility index (Phi) is 6.33. The van der Waals surface area contributed by atoms with Crippen molar-refractivity contribution in [1.29, 1.82) is 0 Å². The fourth-order valence-electron chi connectivity index (χ4n) is 2.25. The fraction of sp³-hybridized carbons (Fsp3) is 0.615. The molecule has 0 amide bonds. The number of aliphatic hydroxyl groups excluding tert-OH is 1. The molecule has 0 aliphatic heterocycles. The molecule has 0 saturated heterocycles. The lowest BCUT2D eigenvalue weighted by Crippen LogP contribution is -2.41. The van der Waals surface area contributed by atoms with Crippen LogP contribution in [0, 0.1) is 6.92 Å². The highest BCUT2D eigenvalue weighted by Gasteiger charge is 2.32. The number of aromatic carboxylic acids is 1. The Balaban J connectivity index is 3.31. The van der Waals surface area contributed by atoms with Crippen molar-refractivity contribution in [2.45, 2.75) is 44.6 Å². The number of aryl methyl sites for hydroxylation is 1. The normalized spacial score (nSPS) is 12.3. The van der Waals surface area contributed by atoms with Gasteiger partial charge < -0.3 is 10.2 Å². The number of thiophene rings is 1. The molecule has 0 bridgehead atoms. The van der Waals surface area contributed by atoms with Gasteiger partial charge in [0.15, 0.2) is 0 Å². The Morgan fingerprint density at radius 1 is 1.38 bits per heavy atom. The van der Waals surface area contributed by atoms with Crippen molar-refractivity contribution in [3.63, 3.8) is 0 Å². The molecule has 0 atom stereocenters. The summed E-state index contributed by atoms with van der Waals surface area (Å²) in [4.78, 5) is 11.5. The third-order valence-electron chi connectivity index (χ3n) is 3.34. The maximum atomic E-state index is 12.8. The van der Waals surface area contributed by atoms with Crippen LogP contribution >= 0.6 is 11.3 Å². The summed E-state index contributed by atoms with van der Waals surface area (Å²) >= 11 is 0.944. The summed E-state index contributed by atoms with van der Waals surface area (Å²) in [6, 6.07) is 0.986. The molecule has 0 aliphatic carbocycles. The van der Waals surface area contributed by atoms with E-state index in [0.29, 0.717) is 17.7 Å². The SMILES string of the molecule is CCC(CC)N(CCO)S(=O)(=O)c1cc(C(=O)O)sc1C. The molecule has 6 nitrogen and oxygen atoms in total. The molecule has 21 heavy (non-hydrogen) atoms. The summed E-state index contributed by atoms with van der Waals surface area (Å²) in [7, 11) is -3.81. The van der Waals surface area contributed by atoms with Crippen LogP contribution in [0.2, 0.25) is 0 Å². The van der Waals surface area contributed by atoms with Crippen molar-refractivity contribution in [2.75, 3.05) is 13.2 Å². The zero-order chi connectivity index (χ0) is 16.2. The maximum absolute atomic E-state index is 12.8. The highest BCUT2D eigenvalue weighted by Crippen LogP contribution is 2.30. The monoisotopic (exact) mass is 335 g/mol. The van der Waals surface area contributed by atoms with Crippen LogP contribution in [-0.4, -0.2) is 48.1 Å². The molecule has 1 heterocycles. The lowest BCUT2D eigenvalue weighted by Gasteiger charge is -2.28. The van der Waals surface area contributed by atoms with Crippen LogP contribution in [0.1, 0.15) is 41.2 Å². The first-order chi connectivity index (χ1) is 9.79. The fourth-order valence-corrected chi connectivity index (χ4v) is 5.41. The molecule has 0 fully saturated rings. The van der Waals surface area contributed by atoms with Crippen LogP contribution in [0.25, 0.3) is 0 Å². The van der Waals surface area contributed by atoms with E-state index in [9.17, 15) is 13.2 Å². The average Bonchev–Trinajstić information content (AvgIpc) is 2.82. The van der Waals surface area contributed by atoms with Crippen molar-refractivity contribution in [3.05, 3.63) is 15.8 Å². The molecule has 0 aromatic carbocycles. The Morgan fingerprint density at radius 2 is 1.95 bits per heavy atom. The van der Waals surface area contributed by atoms with Crippen LogP contribution in [0.15, 0.2) is 11.0 Å². The van der Waals surface area contributed by atoms with Crippen LogP contribution in [0.4, 0.5) is 0 Å². The zero-order valence-electron chi connectivity index (χ0n) is 12.4. The van der Waals surface area contributed by atoms with E-state index in [1.54, 1.807) is 6.92 Å². The molecular formula is C13H21NO5S2. The van der Waals surface area contributed by atoms with Crippen LogP contribution in [0.5, 0.6) is 0 Å². The van der Waals surface area contributed by atoms with E-state index in [1.165, 1.54) is 10.4 Å². The summed E-state index contributed by atoms with van der Waals surface area (Å²) in [6.45, 7) is 5.10. The summed E-state index contributed by atoms with van der Waals surface area (Å²) in [6.07, 6.45) is 1.26. The predicted octanol–water partition coefficient (Wildman–Crippen LogP) is 1.93. The van der Waals surface area contributed by atoms with E-state index in [4.69, 9.17) is 10.2 Å². The lowest BCUT2D eigenvalue weighted by atomic mass is 10.2. The minimum Gasteiger partial charge on any atom is -0.477 e. The molecule has 0 unspecified atom stereocenters. The van der Waals surface area contributed by atoms with Gasteiger partial charge in [0, 0.05) is 17.5 Å². The molecule has 120 valence electrons. The van der Waals surface area contributed by atoms with E-state index in [2.05, 4.69) is 0 Å². The molecule has 2 N–H and O–H groups in total. The first-order valence-electron chi connectivity index (χ1n) is 6.75. The number of aliphatic hydroxyl groups is 1. The van der Waals surface area contributed by atoms with Gasteiger partial charge in [0.2, 0.25) is 10.0 Å². The standard InChI is InChI=1S/C13H21NO5S2/c1-4-10(5-2)14(6-7-15)21(18,19)12-8-11(13(16)17)20-9(12)3/h8,10,15H,4-7H2,1-3H3,(H,16,17). The van der Waals surface area contributed by atoms with Crippen LogP contribution < -0.4 is 0 Å². The van der Waals surface area contributed by atoms with E-state index in [-0.39, 0.29) is 29.0 Å². The first-order valence-corrected chi connectivity index (χ1v) is 9.01. The summed E-state index contributed by atoms with van der Waals surface area (Å²) < 4.78 is 26.8. The molecule has 0 saturated carbocycles. The maximum Gasteiger partial charge on any atom is 0.345 e. The molecule has 8 heteroatoms. The zero-order valence-corrected chi connectivity index (χ0v) is 14.0. The van der Waals surface area contributed by atoms with Crippen molar-refractivity contribution < 1.29 is 23.4 Å². The van der Waals surface area contributed by atoms with Crippen molar-refractivity contribution in [1.82, 2.24) is 4.31 Å². The number of carboxylic acid groups (broad SMARTS) is 1. The highest BCUT2D eigenvalue weighted by atomic mass is 32.2. The molecule has 1 aromatic rings. The van der Waals surface area contributed by atoms with Crippen molar-refractivity contribution >= 4 is 27.3 Å². The van der Waals surface area contributed by atoms with Crippen molar-refractivity contribution in [2.24, 2.45) is 0 Å². The van der Waals surface area contributed by atoms with Gasteiger partial charge >= 0.3 is 5.97 Å². The number of carboxylic acids is 1. The van der Waals surface area contributed by atoms with Gasteiger partial charge in [-0.1, -0.05) is 13.8 Å². The van der Waals surface area contributed by atoms with Gasteiger partial charge in [-0.05, 0) is 25.8 Å². The molecule has 0 aliphatic rings. The average molecular weight is 335 g/mol. The predicted molar refractivity (Wildman–Crippen MR) is 81.4 cm³/mol. The second-order valence-corrected chi connectivity index (χ2v) is 7.76. The topological polar surface area (TPSA) is 94.9 Å². The molecular weight excluding hydrogens is 314 g/mol. The Labute approximate surface area is 129 Å². The minimum atomic E-state index is -3.81. The van der Waals surface area contributed by atoms with Crippen LogP contribution in [0.3, 0.4) is 0 Å². The summed E-state index contributed by atoms with van der Waals surface area (Å²) in [5, 5.41) is 18.1. The van der Waals surface area contributed by atoms with E-state index in [0.717, 1.165) is 11.3 Å². The number of hydrogen-bond acceptors (Lipinski definition) is 5. The van der Waals surface area contributed by atoms with Gasteiger partial charge in [0.05, 0.1) is 11.5 Å². The Bertz CT molecular complexity index is 590. The van der Waals surface area contributed by atoms with Gasteiger partial charge in [-0.25, -0.2) is 13.2 Å². The minimum absolute atomic E-state index is 0.000398. The molecule has 0 radical (unpaired) electrons. The second kappa shape index (κ2) is 7.35. The van der Waals surface area contributed by atoms with Gasteiger partial charge in [0.1, 0.15) is 4.88 Å². The smallest absolute Gasteiger partial charge is 0.345 e. The third-order valence-corrected chi connectivity index (χ3v) is 6.59. The summed E-state index contributed by atoms with van der Waals surface area (Å²) in [5.74, 6) is -1.14. The molecule has 1 aromatic heterocycles. The van der Waals surface area contributed by atoms with Gasteiger partial charge in [-0.2, -0.15) is 4.31 Å². The van der Waals surface area contributed by atoms with Crippen molar-refractivity contribution in [3.8, 4) is 0 Å². The largest absolute Gasteiger partial charge is 0.477 e. The number of rotatable bonds is 8. The van der Waals surface area contributed by atoms with E-state index >= 15 is 0 Å². The second-order valence-electron chi connectivity index (χ2n) is 4.65. The Hall–Kier alpha value is -0.960. The van der Waals surface area contributed by atoms with Gasteiger partial charge in [0.25, 0.3) is 0 Å². The number of hydrogen-bond donors (Lipinski definition) is 2. The lowest BCUT2D eigenvalue weighted by molar-refractivity contribution is 0.0702. The quantitative estimate of drug-likeness (QED) is 0.757.